The van der Waals surface area contributed by atoms with Crippen molar-refractivity contribution in [2.24, 2.45) is 11.3 Å². The van der Waals surface area contributed by atoms with Gasteiger partial charge in [-0.05, 0) is 17.8 Å². The largest absolute Gasteiger partial charge is 0.103 e. The molecule has 0 aromatic rings. The minimum absolute atomic E-state index is 0.432. The maximum Gasteiger partial charge on any atom is -0.0267 e. The van der Waals surface area contributed by atoms with Gasteiger partial charge in [0.2, 0.25) is 0 Å². The highest BCUT2D eigenvalue weighted by atomic mass is 14.1. The molecule has 0 heteroatoms. The Labute approximate surface area is 84.7 Å². The van der Waals surface area contributed by atoms with Crippen molar-refractivity contribution >= 4 is 0 Å². The Bertz CT molecular complexity index is 125. The van der Waals surface area contributed by atoms with E-state index in [2.05, 4.69) is 47.8 Å². The van der Waals surface area contributed by atoms with Gasteiger partial charge in [-0.15, -0.1) is 13.2 Å². The van der Waals surface area contributed by atoms with Crippen LogP contribution in [0.2, 0.25) is 0 Å². The van der Waals surface area contributed by atoms with Crippen LogP contribution in [0.5, 0.6) is 0 Å². The van der Waals surface area contributed by atoms with E-state index in [1.54, 1.807) is 0 Å². The Kier molecular flexibility index (Phi) is 9.33. The average Bonchev–Trinajstić information content (AvgIpc) is 2.02. The Morgan fingerprint density at radius 2 is 1.69 bits per heavy atom. The van der Waals surface area contributed by atoms with Crippen molar-refractivity contribution in [2.45, 2.75) is 47.5 Å². The highest BCUT2D eigenvalue weighted by Gasteiger charge is 2.04. The van der Waals surface area contributed by atoms with Crippen LogP contribution < -0.4 is 0 Å². The molecule has 0 aliphatic heterocycles. The summed E-state index contributed by atoms with van der Waals surface area (Å²) in [5.41, 5.74) is 0.432. The second kappa shape index (κ2) is 8.10. The molecule has 0 rings (SSSR count). The molecule has 13 heavy (non-hydrogen) atoms. The van der Waals surface area contributed by atoms with Gasteiger partial charge in [0.25, 0.3) is 0 Å². The fraction of sp³-hybridized carbons (Fsp3) is 0.692. The van der Waals surface area contributed by atoms with E-state index in [0.717, 1.165) is 6.42 Å². The molecule has 0 saturated heterocycles. The summed E-state index contributed by atoms with van der Waals surface area (Å²) in [7, 11) is 0. The summed E-state index contributed by atoms with van der Waals surface area (Å²) in [6.07, 6.45) is 6.25. The molecule has 78 valence electrons. The third kappa shape index (κ3) is 18.4. The van der Waals surface area contributed by atoms with Crippen LogP contribution in [-0.4, -0.2) is 0 Å². The average molecular weight is 182 g/mol. The zero-order valence-corrected chi connectivity index (χ0v) is 10.1. The second-order valence-electron chi connectivity index (χ2n) is 4.67. The molecule has 0 heterocycles. The van der Waals surface area contributed by atoms with E-state index in [1.165, 1.54) is 6.42 Å². The third-order valence-electron chi connectivity index (χ3n) is 1.80. The van der Waals surface area contributed by atoms with Crippen molar-refractivity contribution in [3.63, 3.8) is 0 Å². The SMILES string of the molecule is C=CC(C)CC.C=CCC(C)(C)C. The van der Waals surface area contributed by atoms with E-state index in [4.69, 9.17) is 0 Å². The zero-order valence-electron chi connectivity index (χ0n) is 10.1. The Balaban J connectivity index is 0. The summed E-state index contributed by atoms with van der Waals surface area (Å²) >= 11 is 0. The molecule has 0 aliphatic carbocycles. The fourth-order valence-corrected chi connectivity index (χ4v) is 0.600. The van der Waals surface area contributed by atoms with Crippen LogP contribution in [0.15, 0.2) is 25.3 Å². The number of hydrogen-bond acceptors (Lipinski definition) is 0. The number of allylic oxidation sites excluding steroid dienone is 2. The lowest BCUT2D eigenvalue weighted by atomic mass is 9.93. The quantitative estimate of drug-likeness (QED) is 0.548. The minimum atomic E-state index is 0.432. The summed E-state index contributed by atoms with van der Waals surface area (Å²) in [6, 6.07) is 0. The molecule has 0 spiro atoms. The predicted molar refractivity (Wildman–Crippen MR) is 63.9 cm³/mol. The van der Waals surface area contributed by atoms with Crippen LogP contribution in [0, 0.1) is 11.3 Å². The molecular formula is C13H26. The van der Waals surface area contributed by atoms with Gasteiger partial charge in [-0.2, -0.15) is 0 Å². The fourth-order valence-electron chi connectivity index (χ4n) is 0.600. The van der Waals surface area contributed by atoms with Gasteiger partial charge in [-0.1, -0.05) is 53.2 Å². The molecule has 0 fully saturated rings. The maximum atomic E-state index is 3.65. The van der Waals surface area contributed by atoms with E-state index in [1.807, 2.05) is 12.2 Å². The standard InChI is InChI=1S/C7H14.C6H12/c1-5-6-7(2,3)4;1-4-6(3)5-2/h5H,1,6H2,2-4H3;4,6H,1,5H2,2-3H3. The van der Waals surface area contributed by atoms with Gasteiger partial charge in [-0.25, -0.2) is 0 Å². The summed E-state index contributed by atoms with van der Waals surface area (Å²) < 4.78 is 0. The first-order valence-electron chi connectivity index (χ1n) is 5.10. The van der Waals surface area contributed by atoms with Crippen molar-refractivity contribution in [1.29, 1.82) is 0 Å². The van der Waals surface area contributed by atoms with Crippen LogP contribution in [-0.2, 0) is 0 Å². The predicted octanol–water partition coefficient (Wildman–Crippen LogP) is 4.83. The van der Waals surface area contributed by atoms with Crippen LogP contribution in [0.1, 0.15) is 47.5 Å². The van der Waals surface area contributed by atoms with Gasteiger partial charge in [0.15, 0.2) is 0 Å². The molecule has 0 radical (unpaired) electrons. The van der Waals surface area contributed by atoms with Gasteiger partial charge in [0, 0.05) is 0 Å². The molecular weight excluding hydrogens is 156 g/mol. The zero-order chi connectivity index (χ0) is 10.9. The third-order valence-corrected chi connectivity index (χ3v) is 1.80. The van der Waals surface area contributed by atoms with Crippen LogP contribution >= 0.6 is 0 Å². The normalized spacial score (nSPS) is 12.4. The van der Waals surface area contributed by atoms with Crippen molar-refractivity contribution in [1.82, 2.24) is 0 Å². The lowest BCUT2D eigenvalue weighted by molar-refractivity contribution is 0.421. The Hall–Kier alpha value is -0.520. The van der Waals surface area contributed by atoms with Crippen molar-refractivity contribution < 1.29 is 0 Å². The van der Waals surface area contributed by atoms with E-state index < -0.39 is 0 Å². The highest BCUT2D eigenvalue weighted by Crippen LogP contribution is 2.17. The molecule has 0 N–H and O–H groups in total. The lowest BCUT2D eigenvalue weighted by Gasteiger charge is -2.13. The molecule has 0 amide bonds. The first-order chi connectivity index (χ1) is 5.87. The van der Waals surface area contributed by atoms with Crippen LogP contribution in [0.25, 0.3) is 0 Å². The molecule has 1 unspecified atom stereocenters. The van der Waals surface area contributed by atoms with Crippen LogP contribution in [0.4, 0.5) is 0 Å². The maximum absolute atomic E-state index is 3.65. The molecule has 0 aromatic carbocycles. The van der Waals surface area contributed by atoms with E-state index in [-0.39, 0.29) is 0 Å². The topological polar surface area (TPSA) is 0 Å². The summed E-state index contributed by atoms with van der Waals surface area (Å²) in [6.45, 7) is 18.2. The lowest BCUT2D eigenvalue weighted by Crippen LogP contribution is -2.01. The van der Waals surface area contributed by atoms with Crippen molar-refractivity contribution in [3.05, 3.63) is 25.3 Å². The number of hydrogen-bond donors (Lipinski definition) is 0. The first-order valence-corrected chi connectivity index (χ1v) is 5.10. The molecule has 0 aromatic heterocycles. The Morgan fingerprint density at radius 3 is 1.69 bits per heavy atom. The number of rotatable bonds is 3. The van der Waals surface area contributed by atoms with Crippen molar-refractivity contribution in [3.8, 4) is 0 Å². The van der Waals surface area contributed by atoms with Gasteiger partial charge in [0.1, 0.15) is 0 Å². The van der Waals surface area contributed by atoms with E-state index in [0.29, 0.717) is 11.3 Å². The first kappa shape index (κ1) is 15.0. The summed E-state index contributed by atoms with van der Waals surface area (Å²) in [5.74, 6) is 0.699. The highest BCUT2D eigenvalue weighted by molar-refractivity contribution is 4.75. The monoisotopic (exact) mass is 182 g/mol. The second-order valence-corrected chi connectivity index (χ2v) is 4.67. The van der Waals surface area contributed by atoms with E-state index >= 15 is 0 Å². The smallest absolute Gasteiger partial charge is 0.0267 e. The summed E-state index contributed by atoms with van der Waals surface area (Å²) in [4.78, 5) is 0. The van der Waals surface area contributed by atoms with Gasteiger partial charge in [-0.3, -0.25) is 0 Å². The molecule has 1 atom stereocenters. The van der Waals surface area contributed by atoms with Crippen LogP contribution in [0.3, 0.4) is 0 Å². The Morgan fingerprint density at radius 1 is 1.23 bits per heavy atom. The molecule has 0 saturated carbocycles. The molecule has 0 aliphatic rings. The van der Waals surface area contributed by atoms with Gasteiger partial charge in [0.05, 0.1) is 0 Å². The van der Waals surface area contributed by atoms with Gasteiger partial charge < -0.3 is 0 Å². The minimum Gasteiger partial charge on any atom is -0.103 e. The van der Waals surface area contributed by atoms with Gasteiger partial charge >= 0.3 is 0 Å². The molecule has 0 bridgehead atoms. The van der Waals surface area contributed by atoms with Crippen molar-refractivity contribution in [2.75, 3.05) is 0 Å². The summed E-state index contributed by atoms with van der Waals surface area (Å²) in [5, 5.41) is 0. The van der Waals surface area contributed by atoms with E-state index in [9.17, 15) is 0 Å². The molecule has 0 nitrogen and oxygen atoms in total.